The summed E-state index contributed by atoms with van der Waals surface area (Å²) in [6.07, 6.45) is -6.70. The summed E-state index contributed by atoms with van der Waals surface area (Å²) in [4.78, 5) is 29.2. The minimum atomic E-state index is -5.11. The average molecular weight is 544 g/mol. The quantitative estimate of drug-likeness (QED) is 0.306. The van der Waals surface area contributed by atoms with E-state index in [1.54, 1.807) is 55.9 Å². The van der Waals surface area contributed by atoms with E-state index in [1.807, 2.05) is 0 Å². The molecule has 6 nitrogen and oxygen atoms in total. The number of rotatable bonds is 9. The Morgan fingerprint density at radius 3 is 2.08 bits per heavy atom. The lowest BCUT2D eigenvalue weighted by atomic mass is 10.0. The van der Waals surface area contributed by atoms with Crippen LogP contribution in [0, 0.1) is 0 Å². The number of hydrogen-bond donors (Lipinski definition) is 0. The normalized spacial score (nSPS) is 12.9. The molecule has 1 aromatic carbocycles. The third-order valence-electron chi connectivity index (χ3n) is 6.21. The molecule has 3 aromatic rings. The Morgan fingerprint density at radius 1 is 0.974 bits per heavy atom. The molecule has 0 aliphatic heterocycles. The summed E-state index contributed by atoms with van der Waals surface area (Å²) in [5, 5.41) is 0. The minimum absolute atomic E-state index is 0.0412. The minimum Gasteiger partial charge on any atom is -0.467 e. The monoisotopic (exact) mass is 543 g/mol. The van der Waals surface area contributed by atoms with Crippen molar-refractivity contribution in [2.75, 3.05) is 6.54 Å². The van der Waals surface area contributed by atoms with Crippen LogP contribution in [0.25, 0.3) is 0 Å². The molecule has 206 valence electrons. The summed E-state index contributed by atoms with van der Waals surface area (Å²) in [5.41, 5.74) is -3.25. The number of halogens is 6. The van der Waals surface area contributed by atoms with Gasteiger partial charge in [0.25, 0.3) is 5.91 Å². The standard InChI is InChI=1S/C26H27F6N3O3/c1-4-17(2)35(24(37)18-11-19(25(27,28)29)13-20(12-18)26(30,31)32)16-23(36)34(15-22-8-6-10-38-22)14-21-7-5-9-33(21)3/h5-13,17H,4,14-16H2,1-3H3. The van der Waals surface area contributed by atoms with Crippen molar-refractivity contribution in [1.29, 1.82) is 0 Å². The molecule has 0 saturated heterocycles. The number of carbonyl (C=O) groups excluding carboxylic acids is 2. The molecule has 0 aliphatic carbocycles. The fourth-order valence-corrected chi connectivity index (χ4v) is 3.82. The second-order valence-corrected chi connectivity index (χ2v) is 8.92. The maximum absolute atomic E-state index is 13.4. The van der Waals surface area contributed by atoms with Crippen molar-refractivity contribution >= 4 is 11.8 Å². The highest BCUT2D eigenvalue weighted by atomic mass is 19.4. The van der Waals surface area contributed by atoms with Gasteiger partial charge in [0.15, 0.2) is 0 Å². The van der Waals surface area contributed by atoms with E-state index in [0.717, 1.165) is 10.6 Å². The highest BCUT2D eigenvalue weighted by Crippen LogP contribution is 2.36. The van der Waals surface area contributed by atoms with E-state index in [4.69, 9.17) is 4.42 Å². The lowest BCUT2D eigenvalue weighted by Gasteiger charge is -2.31. The molecule has 0 aliphatic rings. The predicted octanol–water partition coefficient (Wildman–Crippen LogP) is 6.13. The lowest BCUT2D eigenvalue weighted by Crippen LogP contribution is -2.46. The number of furan rings is 1. The van der Waals surface area contributed by atoms with Crippen LogP contribution in [-0.4, -0.2) is 38.8 Å². The van der Waals surface area contributed by atoms with Crippen LogP contribution < -0.4 is 0 Å². The number of hydrogen-bond acceptors (Lipinski definition) is 3. The van der Waals surface area contributed by atoms with Crippen molar-refractivity contribution in [3.05, 3.63) is 83.1 Å². The molecule has 2 heterocycles. The molecule has 0 saturated carbocycles. The summed E-state index contributed by atoms with van der Waals surface area (Å²) < 4.78 is 87.4. The van der Waals surface area contributed by atoms with E-state index in [1.165, 1.54) is 11.2 Å². The van der Waals surface area contributed by atoms with E-state index in [0.29, 0.717) is 24.3 Å². The van der Waals surface area contributed by atoms with Gasteiger partial charge in [0.2, 0.25) is 5.91 Å². The second-order valence-electron chi connectivity index (χ2n) is 8.92. The van der Waals surface area contributed by atoms with Crippen molar-refractivity contribution in [1.82, 2.24) is 14.4 Å². The third kappa shape index (κ3) is 6.99. The molecule has 0 bridgehead atoms. The maximum Gasteiger partial charge on any atom is 0.416 e. The Kier molecular flexibility index (Phi) is 8.63. The molecule has 2 aromatic heterocycles. The zero-order valence-electron chi connectivity index (χ0n) is 20.9. The van der Waals surface area contributed by atoms with E-state index in [2.05, 4.69) is 0 Å². The summed E-state index contributed by atoms with van der Waals surface area (Å²) in [6, 6.07) is 6.93. The Balaban J connectivity index is 1.96. The van der Waals surface area contributed by atoms with Gasteiger partial charge in [-0.2, -0.15) is 26.3 Å². The van der Waals surface area contributed by atoms with E-state index >= 15 is 0 Å². The fourth-order valence-electron chi connectivity index (χ4n) is 3.82. The third-order valence-corrected chi connectivity index (χ3v) is 6.21. The molecule has 1 atom stereocenters. The molecule has 2 amide bonds. The lowest BCUT2D eigenvalue weighted by molar-refractivity contribution is -0.143. The molecule has 12 heteroatoms. The van der Waals surface area contributed by atoms with Crippen LogP contribution >= 0.6 is 0 Å². The summed E-state index contributed by atoms with van der Waals surface area (Å²) >= 11 is 0. The van der Waals surface area contributed by atoms with Gasteiger partial charge in [-0.1, -0.05) is 6.92 Å². The van der Waals surface area contributed by atoms with Crippen molar-refractivity contribution in [2.45, 2.75) is 51.8 Å². The van der Waals surface area contributed by atoms with Gasteiger partial charge in [0, 0.05) is 30.5 Å². The van der Waals surface area contributed by atoms with Crippen molar-refractivity contribution in [2.24, 2.45) is 7.05 Å². The number of nitrogens with zero attached hydrogens (tertiary/aromatic N) is 3. The molecular weight excluding hydrogens is 516 g/mol. The fraction of sp³-hybridized carbons (Fsp3) is 0.385. The first-order valence-corrected chi connectivity index (χ1v) is 11.7. The van der Waals surface area contributed by atoms with Crippen molar-refractivity contribution < 1.29 is 40.3 Å². The van der Waals surface area contributed by atoms with Gasteiger partial charge in [-0.15, -0.1) is 0 Å². The second kappa shape index (κ2) is 11.4. The molecule has 3 rings (SSSR count). The highest BCUT2D eigenvalue weighted by molar-refractivity contribution is 5.97. The summed E-state index contributed by atoms with van der Waals surface area (Å²) in [6.45, 7) is 2.87. The summed E-state index contributed by atoms with van der Waals surface area (Å²) in [5.74, 6) is -1.21. The van der Waals surface area contributed by atoms with Gasteiger partial charge in [-0.05, 0) is 55.8 Å². The van der Waals surface area contributed by atoms with Gasteiger partial charge in [0.05, 0.1) is 30.5 Å². The van der Waals surface area contributed by atoms with Crippen molar-refractivity contribution in [3.63, 3.8) is 0 Å². The molecule has 38 heavy (non-hydrogen) atoms. The Hall–Kier alpha value is -3.70. The topological polar surface area (TPSA) is 58.7 Å². The van der Waals surface area contributed by atoms with Gasteiger partial charge < -0.3 is 18.8 Å². The molecule has 1 unspecified atom stereocenters. The Bertz CT molecular complexity index is 1220. The predicted molar refractivity (Wildman–Crippen MR) is 126 cm³/mol. The van der Waals surface area contributed by atoms with Crippen molar-refractivity contribution in [3.8, 4) is 0 Å². The number of carbonyl (C=O) groups is 2. The van der Waals surface area contributed by atoms with Crippen LogP contribution in [0.1, 0.15) is 53.2 Å². The van der Waals surface area contributed by atoms with Crippen LogP contribution in [-0.2, 0) is 37.3 Å². The molecule has 0 radical (unpaired) electrons. The van der Waals surface area contributed by atoms with Crippen LogP contribution in [0.2, 0.25) is 0 Å². The first-order valence-electron chi connectivity index (χ1n) is 11.7. The SMILES string of the molecule is CCC(C)N(CC(=O)N(Cc1ccco1)Cc1cccn1C)C(=O)c1cc(C(F)(F)F)cc(C(F)(F)F)c1. The number of aryl methyl sites for hydroxylation is 1. The van der Waals surface area contributed by atoms with Gasteiger partial charge >= 0.3 is 12.4 Å². The smallest absolute Gasteiger partial charge is 0.416 e. The Labute approximate surface area is 215 Å². The largest absolute Gasteiger partial charge is 0.467 e. The summed E-state index contributed by atoms with van der Waals surface area (Å²) in [7, 11) is 1.78. The molecular formula is C26H27F6N3O3. The zero-order valence-corrected chi connectivity index (χ0v) is 20.9. The van der Waals surface area contributed by atoms with Gasteiger partial charge in [-0.3, -0.25) is 9.59 Å². The molecule has 0 fully saturated rings. The Morgan fingerprint density at radius 2 is 1.61 bits per heavy atom. The first kappa shape index (κ1) is 28.9. The van der Waals surface area contributed by atoms with E-state index in [9.17, 15) is 35.9 Å². The average Bonchev–Trinajstić information content (AvgIpc) is 3.51. The highest BCUT2D eigenvalue weighted by Gasteiger charge is 2.38. The molecule has 0 N–H and O–H groups in total. The van der Waals surface area contributed by atoms with Gasteiger partial charge in [-0.25, -0.2) is 0 Å². The first-order chi connectivity index (χ1) is 17.7. The van der Waals surface area contributed by atoms with Gasteiger partial charge in [0.1, 0.15) is 12.3 Å². The maximum atomic E-state index is 13.4. The number of aromatic nitrogens is 1. The van der Waals surface area contributed by atoms with Crippen LogP contribution in [0.3, 0.4) is 0 Å². The van der Waals surface area contributed by atoms with E-state index in [-0.39, 0.29) is 19.2 Å². The van der Waals surface area contributed by atoms with Crippen LogP contribution in [0.15, 0.2) is 59.3 Å². The van der Waals surface area contributed by atoms with Crippen LogP contribution in [0.4, 0.5) is 26.3 Å². The number of amides is 2. The molecule has 0 spiro atoms. The van der Waals surface area contributed by atoms with E-state index < -0.39 is 53.4 Å². The number of benzene rings is 1. The van der Waals surface area contributed by atoms with Crippen LogP contribution in [0.5, 0.6) is 0 Å². The zero-order chi connectivity index (χ0) is 28.3. The number of alkyl halides is 6.